The minimum atomic E-state index is 0.00258. The lowest BCUT2D eigenvalue weighted by Gasteiger charge is -2.32. The van der Waals surface area contributed by atoms with E-state index in [2.05, 4.69) is 20.3 Å². The SMILES string of the molecule is CCOc1ccc(CNC(=O)C2CCN(c3nccc4c(C)nn(C)c34)CC2)cc1OCC. The number of carbonyl (C=O) groups is 1. The zero-order chi connectivity index (χ0) is 23.4. The van der Waals surface area contributed by atoms with Gasteiger partial charge >= 0.3 is 0 Å². The van der Waals surface area contributed by atoms with Gasteiger partial charge in [0.15, 0.2) is 17.3 Å². The third-order valence-electron chi connectivity index (χ3n) is 6.16. The Bertz CT molecular complexity index is 1120. The van der Waals surface area contributed by atoms with E-state index in [0.29, 0.717) is 25.5 Å². The lowest BCUT2D eigenvalue weighted by Crippen LogP contribution is -2.40. The Morgan fingerprint density at radius 3 is 2.58 bits per heavy atom. The lowest BCUT2D eigenvalue weighted by atomic mass is 9.95. The Morgan fingerprint density at radius 1 is 1.12 bits per heavy atom. The summed E-state index contributed by atoms with van der Waals surface area (Å²) in [5.74, 6) is 2.50. The largest absolute Gasteiger partial charge is 0.490 e. The first-order valence-corrected chi connectivity index (χ1v) is 11.7. The van der Waals surface area contributed by atoms with Gasteiger partial charge in [0.05, 0.1) is 18.9 Å². The van der Waals surface area contributed by atoms with Gasteiger partial charge in [-0.25, -0.2) is 4.98 Å². The number of pyridine rings is 1. The van der Waals surface area contributed by atoms with Crippen LogP contribution in [-0.4, -0.2) is 47.0 Å². The number of ether oxygens (including phenoxy) is 2. The molecule has 4 rings (SSSR count). The fraction of sp³-hybridized carbons (Fsp3) is 0.480. The number of rotatable bonds is 8. The van der Waals surface area contributed by atoms with Crippen molar-refractivity contribution in [1.82, 2.24) is 20.1 Å². The molecule has 0 saturated carbocycles. The Hall–Kier alpha value is -3.29. The molecule has 8 nitrogen and oxygen atoms in total. The number of carbonyl (C=O) groups excluding carboxylic acids is 1. The Balaban J connectivity index is 1.35. The zero-order valence-corrected chi connectivity index (χ0v) is 19.9. The molecular weight excluding hydrogens is 418 g/mol. The number of piperidine rings is 1. The Morgan fingerprint density at radius 2 is 1.85 bits per heavy atom. The van der Waals surface area contributed by atoms with Gasteiger partial charge in [-0.2, -0.15) is 5.10 Å². The predicted molar refractivity (Wildman–Crippen MR) is 129 cm³/mol. The molecule has 176 valence electrons. The average molecular weight is 452 g/mol. The van der Waals surface area contributed by atoms with Crippen molar-refractivity contribution in [2.45, 2.75) is 40.2 Å². The molecule has 1 fully saturated rings. The van der Waals surface area contributed by atoms with Crippen molar-refractivity contribution in [3.05, 3.63) is 41.7 Å². The van der Waals surface area contributed by atoms with E-state index >= 15 is 0 Å². The fourth-order valence-corrected chi connectivity index (χ4v) is 4.51. The molecule has 3 aromatic rings. The molecule has 2 aromatic heterocycles. The number of benzene rings is 1. The molecule has 0 unspecified atom stereocenters. The summed E-state index contributed by atoms with van der Waals surface area (Å²) < 4.78 is 13.2. The summed E-state index contributed by atoms with van der Waals surface area (Å²) in [6, 6.07) is 7.83. The van der Waals surface area contributed by atoms with Gasteiger partial charge in [0.25, 0.3) is 0 Å². The van der Waals surface area contributed by atoms with Crippen molar-refractivity contribution in [3.63, 3.8) is 0 Å². The highest BCUT2D eigenvalue weighted by atomic mass is 16.5. The molecule has 1 aliphatic rings. The second-order valence-electron chi connectivity index (χ2n) is 8.37. The van der Waals surface area contributed by atoms with Gasteiger partial charge in [-0.1, -0.05) is 6.07 Å². The summed E-state index contributed by atoms with van der Waals surface area (Å²) in [6.07, 6.45) is 3.45. The highest BCUT2D eigenvalue weighted by molar-refractivity contribution is 5.91. The van der Waals surface area contributed by atoms with E-state index in [1.807, 2.05) is 63.0 Å². The van der Waals surface area contributed by atoms with Gasteiger partial charge in [0.2, 0.25) is 5.91 Å². The monoisotopic (exact) mass is 451 g/mol. The zero-order valence-electron chi connectivity index (χ0n) is 19.9. The van der Waals surface area contributed by atoms with E-state index in [9.17, 15) is 4.79 Å². The molecule has 1 aromatic carbocycles. The number of anilines is 1. The van der Waals surface area contributed by atoms with Gasteiger partial charge in [0.1, 0.15) is 5.52 Å². The quantitative estimate of drug-likeness (QED) is 0.564. The van der Waals surface area contributed by atoms with Crippen LogP contribution in [0.4, 0.5) is 5.82 Å². The number of nitrogens with zero attached hydrogens (tertiary/aromatic N) is 4. The van der Waals surface area contributed by atoms with Crippen molar-refractivity contribution < 1.29 is 14.3 Å². The molecule has 1 N–H and O–H groups in total. The molecule has 1 aliphatic heterocycles. The Labute approximate surface area is 194 Å². The molecule has 0 bridgehead atoms. The number of hydrogen-bond donors (Lipinski definition) is 1. The molecule has 0 atom stereocenters. The molecule has 3 heterocycles. The summed E-state index contributed by atoms with van der Waals surface area (Å²) in [6.45, 7) is 9.13. The first-order chi connectivity index (χ1) is 16.0. The molecule has 1 amide bonds. The topological polar surface area (TPSA) is 81.5 Å². The van der Waals surface area contributed by atoms with Crippen LogP contribution in [0.3, 0.4) is 0 Å². The maximum absolute atomic E-state index is 12.8. The van der Waals surface area contributed by atoms with Gasteiger partial charge in [-0.3, -0.25) is 9.48 Å². The van der Waals surface area contributed by atoms with Crippen LogP contribution in [0.1, 0.15) is 37.9 Å². The van der Waals surface area contributed by atoms with E-state index in [-0.39, 0.29) is 11.8 Å². The second-order valence-corrected chi connectivity index (χ2v) is 8.37. The summed E-state index contributed by atoms with van der Waals surface area (Å²) in [5.41, 5.74) is 3.06. The number of nitrogens with one attached hydrogen (secondary N) is 1. The van der Waals surface area contributed by atoms with Crippen molar-refractivity contribution in [2.24, 2.45) is 13.0 Å². The second kappa shape index (κ2) is 10.1. The minimum absolute atomic E-state index is 0.00258. The maximum Gasteiger partial charge on any atom is 0.223 e. The number of hydrogen-bond acceptors (Lipinski definition) is 6. The first-order valence-electron chi connectivity index (χ1n) is 11.7. The predicted octanol–water partition coefficient (Wildman–Crippen LogP) is 3.61. The third-order valence-corrected chi connectivity index (χ3v) is 6.16. The molecular formula is C25H33N5O3. The smallest absolute Gasteiger partial charge is 0.223 e. The molecule has 8 heteroatoms. The minimum Gasteiger partial charge on any atom is -0.490 e. The van der Waals surface area contributed by atoms with Crippen LogP contribution in [0.5, 0.6) is 11.5 Å². The van der Waals surface area contributed by atoms with E-state index in [1.165, 1.54) is 0 Å². The highest BCUT2D eigenvalue weighted by Gasteiger charge is 2.27. The third kappa shape index (κ3) is 4.89. The molecule has 0 aliphatic carbocycles. The average Bonchev–Trinajstić information content (AvgIpc) is 3.13. The van der Waals surface area contributed by atoms with Gasteiger partial charge in [0, 0.05) is 44.2 Å². The summed E-state index contributed by atoms with van der Waals surface area (Å²) in [5, 5.41) is 8.78. The summed E-state index contributed by atoms with van der Waals surface area (Å²) in [4.78, 5) is 19.8. The number of amides is 1. The van der Waals surface area contributed by atoms with Crippen LogP contribution >= 0.6 is 0 Å². The van der Waals surface area contributed by atoms with Gasteiger partial charge < -0.3 is 19.7 Å². The van der Waals surface area contributed by atoms with Crippen molar-refractivity contribution in [1.29, 1.82) is 0 Å². The number of aryl methyl sites for hydroxylation is 2. The van der Waals surface area contributed by atoms with E-state index in [1.54, 1.807) is 0 Å². The van der Waals surface area contributed by atoms with Crippen LogP contribution in [0.25, 0.3) is 10.9 Å². The van der Waals surface area contributed by atoms with Gasteiger partial charge in [-0.05, 0) is 57.4 Å². The van der Waals surface area contributed by atoms with Crippen LogP contribution in [-0.2, 0) is 18.4 Å². The van der Waals surface area contributed by atoms with E-state index in [4.69, 9.17) is 9.47 Å². The summed E-state index contributed by atoms with van der Waals surface area (Å²) in [7, 11) is 1.96. The van der Waals surface area contributed by atoms with Gasteiger partial charge in [-0.15, -0.1) is 0 Å². The molecule has 1 saturated heterocycles. The lowest BCUT2D eigenvalue weighted by molar-refractivity contribution is -0.125. The van der Waals surface area contributed by atoms with Crippen LogP contribution < -0.4 is 19.7 Å². The highest BCUT2D eigenvalue weighted by Crippen LogP contribution is 2.30. The van der Waals surface area contributed by atoms with Crippen molar-refractivity contribution >= 4 is 22.6 Å². The maximum atomic E-state index is 12.8. The number of aromatic nitrogens is 3. The summed E-state index contributed by atoms with van der Waals surface area (Å²) >= 11 is 0. The van der Waals surface area contributed by atoms with E-state index < -0.39 is 0 Å². The van der Waals surface area contributed by atoms with E-state index in [0.717, 1.165) is 59.7 Å². The Kier molecular flexibility index (Phi) is 7.01. The van der Waals surface area contributed by atoms with Crippen LogP contribution in [0.2, 0.25) is 0 Å². The van der Waals surface area contributed by atoms with Crippen molar-refractivity contribution in [3.8, 4) is 11.5 Å². The fourth-order valence-electron chi connectivity index (χ4n) is 4.51. The first kappa shape index (κ1) is 22.9. The van der Waals surface area contributed by atoms with Crippen LogP contribution in [0, 0.1) is 12.8 Å². The van der Waals surface area contributed by atoms with Crippen molar-refractivity contribution in [2.75, 3.05) is 31.2 Å². The molecule has 33 heavy (non-hydrogen) atoms. The van der Waals surface area contributed by atoms with Crippen LogP contribution in [0.15, 0.2) is 30.5 Å². The standard InChI is InChI=1S/C25H33N5O3/c1-5-32-21-8-7-18(15-22(21)33-6-2)16-27-25(31)19-10-13-30(14-11-19)24-23-20(9-12-26-24)17(3)28-29(23)4/h7-9,12,15,19H,5-6,10-11,13-14,16H2,1-4H3,(H,27,31). The molecule has 0 spiro atoms. The number of fused-ring (bicyclic) bond motifs is 1. The molecule has 0 radical (unpaired) electrons. The normalized spacial score (nSPS) is 14.5.